The quantitative estimate of drug-likeness (QED) is 0.896. The highest BCUT2D eigenvalue weighted by Gasteiger charge is 2.20. The average molecular weight is 258 g/mol. The highest BCUT2D eigenvalue weighted by Crippen LogP contribution is 2.27. The average Bonchev–Trinajstić information content (AvgIpc) is 2.83. The van der Waals surface area contributed by atoms with Crippen LogP contribution in [0, 0.1) is 13.8 Å². The SMILES string of the molecule is CCCn1nncc1C(NC)c1c(C)cccc1C. The fourth-order valence-corrected chi connectivity index (χ4v) is 2.60. The molecule has 1 heterocycles. The molecule has 4 heteroatoms. The summed E-state index contributed by atoms with van der Waals surface area (Å²) in [6, 6.07) is 6.55. The van der Waals surface area contributed by atoms with Crippen molar-refractivity contribution in [1.29, 1.82) is 0 Å². The van der Waals surface area contributed by atoms with Gasteiger partial charge in [0.05, 0.1) is 17.9 Å². The molecule has 0 spiro atoms. The van der Waals surface area contributed by atoms with Gasteiger partial charge >= 0.3 is 0 Å². The van der Waals surface area contributed by atoms with Gasteiger partial charge in [0.25, 0.3) is 0 Å². The third-order valence-electron chi connectivity index (χ3n) is 3.50. The topological polar surface area (TPSA) is 42.7 Å². The van der Waals surface area contributed by atoms with E-state index in [9.17, 15) is 0 Å². The Bertz CT molecular complexity index is 525. The number of hydrogen-bond acceptors (Lipinski definition) is 3. The first kappa shape index (κ1) is 13.7. The molecule has 0 aliphatic carbocycles. The maximum atomic E-state index is 4.19. The summed E-state index contributed by atoms with van der Waals surface area (Å²) in [5.74, 6) is 0. The zero-order chi connectivity index (χ0) is 13.8. The van der Waals surface area contributed by atoms with Crippen LogP contribution in [0.2, 0.25) is 0 Å². The van der Waals surface area contributed by atoms with Gasteiger partial charge in [-0.15, -0.1) is 5.10 Å². The lowest BCUT2D eigenvalue weighted by molar-refractivity contribution is 0.522. The molecule has 0 saturated carbocycles. The van der Waals surface area contributed by atoms with Gasteiger partial charge < -0.3 is 5.32 Å². The summed E-state index contributed by atoms with van der Waals surface area (Å²) in [6.07, 6.45) is 2.92. The van der Waals surface area contributed by atoms with Crippen LogP contribution < -0.4 is 5.32 Å². The van der Waals surface area contributed by atoms with Crippen LogP contribution in [0.4, 0.5) is 0 Å². The number of aryl methyl sites for hydroxylation is 3. The Balaban J connectivity index is 2.47. The summed E-state index contributed by atoms with van der Waals surface area (Å²) >= 11 is 0. The van der Waals surface area contributed by atoms with Crippen molar-refractivity contribution in [2.45, 2.75) is 39.8 Å². The molecule has 0 saturated heterocycles. The number of nitrogens with zero attached hydrogens (tertiary/aromatic N) is 3. The van der Waals surface area contributed by atoms with Crippen molar-refractivity contribution >= 4 is 0 Å². The van der Waals surface area contributed by atoms with E-state index in [-0.39, 0.29) is 6.04 Å². The molecule has 0 amide bonds. The van der Waals surface area contributed by atoms with Crippen molar-refractivity contribution in [3.05, 3.63) is 46.8 Å². The van der Waals surface area contributed by atoms with Crippen LogP contribution >= 0.6 is 0 Å². The van der Waals surface area contributed by atoms with Crippen LogP contribution in [-0.2, 0) is 6.54 Å². The first-order chi connectivity index (χ1) is 9.19. The first-order valence-electron chi connectivity index (χ1n) is 6.80. The van der Waals surface area contributed by atoms with Gasteiger partial charge in [0.2, 0.25) is 0 Å². The Labute approximate surface area is 114 Å². The Morgan fingerprint density at radius 1 is 1.26 bits per heavy atom. The molecule has 102 valence electrons. The molecular formula is C15H22N4. The summed E-state index contributed by atoms with van der Waals surface area (Å²) in [4.78, 5) is 0. The minimum Gasteiger partial charge on any atom is -0.308 e. The zero-order valence-electron chi connectivity index (χ0n) is 12.1. The highest BCUT2D eigenvalue weighted by molar-refractivity contribution is 5.39. The van der Waals surface area contributed by atoms with Gasteiger partial charge in [-0.2, -0.15) is 0 Å². The molecule has 1 aromatic carbocycles. The van der Waals surface area contributed by atoms with Crippen LogP contribution in [0.5, 0.6) is 0 Å². The van der Waals surface area contributed by atoms with Gasteiger partial charge in [-0.05, 0) is 44.0 Å². The maximum Gasteiger partial charge on any atom is 0.0802 e. The van der Waals surface area contributed by atoms with E-state index in [4.69, 9.17) is 0 Å². The third kappa shape index (κ3) is 2.68. The monoisotopic (exact) mass is 258 g/mol. The van der Waals surface area contributed by atoms with Crippen LogP contribution in [0.1, 0.15) is 41.8 Å². The molecule has 0 bridgehead atoms. The summed E-state index contributed by atoms with van der Waals surface area (Å²) in [5.41, 5.74) is 5.04. The van der Waals surface area contributed by atoms with Crippen molar-refractivity contribution in [2.24, 2.45) is 0 Å². The van der Waals surface area contributed by atoms with Crippen molar-refractivity contribution in [3.63, 3.8) is 0 Å². The van der Waals surface area contributed by atoms with E-state index in [0.29, 0.717) is 0 Å². The Morgan fingerprint density at radius 3 is 2.53 bits per heavy atom. The smallest absolute Gasteiger partial charge is 0.0802 e. The second-order valence-corrected chi connectivity index (χ2v) is 4.91. The number of hydrogen-bond donors (Lipinski definition) is 1. The van der Waals surface area contributed by atoms with E-state index in [1.807, 2.05) is 17.9 Å². The molecule has 4 nitrogen and oxygen atoms in total. The minimum absolute atomic E-state index is 0.141. The Morgan fingerprint density at radius 2 is 1.95 bits per heavy atom. The largest absolute Gasteiger partial charge is 0.308 e. The standard InChI is InChI=1S/C15H22N4/c1-5-9-19-13(10-17-18-19)15(16-4)14-11(2)7-6-8-12(14)3/h6-8,10,15-16H,5,9H2,1-4H3. The zero-order valence-corrected chi connectivity index (χ0v) is 12.1. The van der Waals surface area contributed by atoms with Gasteiger partial charge in [0.15, 0.2) is 0 Å². The normalized spacial score (nSPS) is 12.6. The molecule has 1 atom stereocenters. The van der Waals surface area contributed by atoms with Gasteiger partial charge in [0.1, 0.15) is 0 Å². The van der Waals surface area contributed by atoms with Crippen LogP contribution in [0.25, 0.3) is 0 Å². The number of rotatable bonds is 5. The van der Waals surface area contributed by atoms with Gasteiger partial charge in [-0.25, -0.2) is 4.68 Å². The molecule has 1 unspecified atom stereocenters. The van der Waals surface area contributed by atoms with Crippen LogP contribution in [0.3, 0.4) is 0 Å². The fourth-order valence-electron chi connectivity index (χ4n) is 2.60. The summed E-state index contributed by atoms with van der Waals surface area (Å²) in [5, 5.41) is 11.7. The molecule has 0 aliphatic rings. The Hall–Kier alpha value is -1.68. The number of nitrogens with one attached hydrogen (secondary N) is 1. The van der Waals surface area contributed by atoms with E-state index in [1.165, 1.54) is 16.7 Å². The molecule has 2 rings (SSSR count). The van der Waals surface area contributed by atoms with Crippen molar-refractivity contribution < 1.29 is 0 Å². The predicted molar refractivity (Wildman–Crippen MR) is 77.1 cm³/mol. The highest BCUT2D eigenvalue weighted by atomic mass is 15.4. The summed E-state index contributed by atoms with van der Waals surface area (Å²) < 4.78 is 1.99. The lowest BCUT2D eigenvalue weighted by Crippen LogP contribution is -2.23. The van der Waals surface area contributed by atoms with E-state index < -0.39 is 0 Å². The van der Waals surface area contributed by atoms with Gasteiger partial charge in [0, 0.05) is 6.54 Å². The third-order valence-corrected chi connectivity index (χ3v) is 3.50. The van der Waals surface area contributed by atoms with Crippen molar-refractivity contribution in [2.75, 3.05) is 7.05 Å². The molecule has 0 aliphatic heterocycles. The molecule has 2 aromatic rings. The fraction of sp³-hybridized carbons (Fsp3) is 0.467. The minimum atomic E-state index is 0.141. The summed E-state index contributed by atoms with van der Waals surface area (Å²) in [6.45, 7) is 7.36. The molecule has 0 fully saturated rings. The number of aromatic nitrogens is 3. The van der Waals surface area contributed by atoms with Crippen LogP contribution in [-0.4, -0.2) is 22.0 Å². The van der Waals surface area contributed by atoms with Crippen LogP contribution in [0.15, 0.2) is 24.4 Å². The first-order valence-corrected chi connectivity index (χ1v) is 6.80. The Kier molecular flexibility index (Phi) is 4.32. The van der Waals surface area contributed by atoms with Gasteiger partial charge in [-0.1, -0.05) is 30.3 Å². The molecule has 1 aromatic heterocycles. The van der Waals surface area contributed by atoms with E-state index in [1.54, 1.807) is 0 Å². The van der Waals surface area contributed by atoms with Crippen molar-refractivity contribution in [3.8, 4) is 0 Å². The molecule has 1 N–H and O–H groups in total. The van der Waals surface area contributed by atoms with Gasteiger partial charge in [-0.3, -0.25) is 0 Å². The van der Waals surface area contributed by atoms with E-state index in [0.717, 1.165) is 18.7 Å². The molecule has 0 radical (unpaired) electrons. The van der Waals surface area contributed by atoms with Crippen molar-refractivity contribution in [1.82, 2.24) is 20.3 Å². The molecule has 19 heavy (non-hydrogen) atoms. The lowest BCUT2D eigenvalue weighted by atomic mass is 9.94. The lowest BCUT2D eigenvalue weighted by Gasteiger charge is -2.21. The second-order valence-electron chi connectivity index (χ2n) is 4.91. The second kappa shape index (κ2) is 5.97. The van der Waals surface area contributed by atoms with E-state index in [2.05, 4.69) is 54.6 Å². The molecular weight excluding hydrogens is 236 g/mol. The number of benzene rings is 1. The summed E-state index contributed by atoms with van der Waals surface area (Å²) in [7, 11) is 1.99. The predicted octanol–water partition coefficient (Wildman–Crippen LogP) is 2.61. The maximum absolute atomic E-state index is 4.19. The van der Waals surface area contributed by atoms with E-state index >= 15 is 0 Å².